The third-order valence-corrected chi connectivity index (χ3v) is 1.71. The summed E-state index contributed by atoms with van der Waals surface area (Å²) in [7, 11) is 0. The largest absolute Gasteiger partial charge is 0.287 e. The Morgan fingerprint density at radius 1 is 1.33 bits per heavy atom. The molecule has 0 aliphatic heterocycles. The molecule has 0 aliphatic carbocycles. The van der Waals surface area contributed by atoms with Crippen molar-refractivity contribution in [2.75, 3.05) is 6.61 Å². The number of carbonyl (C=O) groups is 1. The van der Waals surface area contributed by atoms with Gasteiger partial charge in [0, 0.05) is 5.56 Å². The Kier molecular flexibility index (Phi) is 4.50. The molecule has 4 heteroatoms. The predicted molar refractivity (Wildman–Crippen MR) is 56.6 cm³/mol. The minimum Gasteiger partial charge on any atom is -0.287 e. The molecule has 15 heavy (non-hydrogen) atoms. The molecule has 0 aromatic heterocycles. The first kappa shape index (κ1) is 11.4. The Morgan fingerprint density at radius 3 is 2.60 bits per heavy atom. The number of benzene rings is 1. The summed E-state index contributed by atoms with van der Waals surface area (Å²) < 4.78 is 0. The van der Waals surface area contributed by atoms with Gasteiger partial charge in [-0.15, -0.1) is 0 Å². The van der Waals surface area contributed by atoms with E-state index in [2.05, 4.69) is 15.0 Å². The van der Waals surface area contributed by atoms with Gasteiger partial charge < -0.3 is 0 Å². The van der Waals surface area contributed by atoms with E-state index in [1.807, 2.05) is 6.07 Å². The molecule has 0 saturated heterocycles. The molecule has 0 atom stereocenters. The molecule has 0 spiro atoms. The molecule has 80 valence electrons. The van der Waals surface area contributed by atoms with Crippen molar-refractivity contribution in [1.82, 2.24) is 0 Å². The van der Waals surface area contributed by atoms with E-state index in [-0.39, 0.29) is 11.5 Å². The normalized spacial score (nSPS) is 11.2. The van der Waals surface area contributed by atoms with Crippen LogP contribution in [0.5, 0.6) is 0 Å². The van der Waals surface area contributed by atoms with E-state index in [0.29, 0.717) is 12.2 Å². The zero-order chi connectivity index (χ0) is 11.1. The molecular formula is C11H13NO3. The molecule has 0 heterocycles. The van der Waals surface area contributed by atoms with Gasteiger partial charge in [-0.1, -0.05) is 30.3 Å². The molecule has 4 nitrogen and oxygen atoms in total. The number of hydrogen-bond donors (Lipinski definition) is 0. The third-order valence-electron chi connectivity index (χ3n) is 1.71. The molecule has 0 unspecified atom stereocenters. The molecule has 0 aliphatic rings. The van der Waals surface area contributed by atoms with Crippen molar-refractivity contribution < 1.29 is 14.7 Å². The Hall–Kier alpha value is -1.68. The molecule has 0 N–H and O–H groups in total. The van der Waals surface area contributed by atoms with Crippen molar-refractivity contribution in [3.63, 3.8) is 0 Å². The fourth-order valence-electron chi connectivity index (χ4n) is 0.975. The molecule has 0 saturated carbocycles. The third kappa shape index (κ3) is 3.52. The van der Waals surface area contributed by atoms with E-state index in [0.717, 1.165) is 0 Å². The monoisotopic (exact) mass is 207 g/mol. The first-order valence-electron chi connectivity index (χ1n) is 4.68. The standard InChI is InChI=1S/C11H13NO3/c1-3-14-15-12-9(2)11(13)10-7-5-4-6-8-10/h4-8H,3H2,1-2H3. The Morgan fingerprint density at radius 2 is 2.00 bits per heavy atom. The second-order valence-corrected chi connectivity index (χ2v) is 2.85. The summed E-state index contributed by atoms with van der Waals surface area (Å²) in [6.07, 6.45) is 0. The maximum Gasteiger partial charge on any atom is 0.210 e. The van der Waals surface area contributed by atoms with Crippen molar-refractivity contribution in [2.45, 2.75) is 13.8 Å². The summed E-state index contributed by atoms with van der Waals surface area (Å²) >= 11 is 0. The summed E-state index contributed by atoms with van der Waals surface area (Å²) in [5.41, 5.74) is 0.841. The van der Waals surface area contributed by atoms with Crippen molar-refractivity contribution >= 4 is 11.5 Å². The first-order valence-corrected chi connectivity index (χ1v) is 4.68. The van der Waals surface area contributed by atoms with Crippen LogP contribution in [0.1, 0.15) is 24.2 Å². The van der Waals surface area contributed by atoms with E-state index in [1.54, 1.807) is 38.1 Å². The summed E-state index contributed by atoms with van der Waals surface area (Å²) in [5, 5.41) is 3.54. The lowest BCUT2D eigenvalue weighted by atomic mass is 10.1. The van der Waals surface area contributed by atoms with E-state index in [9.17, 15) is 4.79 Å². The Balaban J connectivity index is 2.65. The van der Waals surface area contributed by atoms with Crippen LogP contribution in [0.2, 0.25) is 0 Å². The predicted octanol–water partition coefficient (Wildman–Crippen LogP) is 2.21. The van der Waals surface area contributed by atoms with Crippen molar-refractivity contribution in [3.8, 4) is 0 Å². The number of carbonyl (C=O) groups excluding carboxylic acids is 1. The topological polar surface area (TPSA) is 47.9 Å². The van der Waals surface area contributed by atoms with Crippen LogP contribution < -0.4 is 0 Å². The molecule has 0 bridgehead atoms. The number of Topliss-reactive ketones (excluding diaryl/α,β-unsaturated/α-hetero) is 1. The van der Waals surface area contributed by atoms with Gasteiger partial charge in [-0.05, 0) is 19.0 Å². The van der Waals surface area contributed by atoms with Crippen molar-refractivity contribution in [2.24, 2.45) is 5.16 Å². The van der Waals surface area contributed by atoms with Gasteiger partial charge in [0.05, 0.1) is 6.61 Å². The zero-order valence-electron chi connectivity index (χ0n) is 8.77. The van der Waals surface area contributed by atoms with Gasteiger partial charge in [-0.2, -0.15) is 4.89 Å². The maximum absolute atomic E-state index is 11.7. The summed E-state index contributed by atoms with van der Waals surface area (Å²) in [6, 6.07) is 8.89. The van der Waals surface area contributed by atoms with Crippen LogP contribution in [-0.4, -0.2) is 18.1 Å². The van der Waals surface area contributed by atoms with Gasteiger partial charge >= 0.3 is 0 Å². The van der Waals surface area contributed by atoms with Gasteiger partial charge in [0.15, 0.2) is 0 Å². The molecule has 0 radical (unpaired) electrons. The van der Waals surface area contributed by atoms with Crippen molar-refractivity contribution in [1.29, 1.82) is 0 Å². The quantitative estimate of drug-likeness (QED) is 0.244. The lowest BCUT2D eigenvalue weighted by Crippen LogP contribution is -2.11. The fraction of sp³-hybridized carbons (Fsp3) is 0.273. The average Bonchev–Trinajstić information content (AvgIpc) is 2.29. The van der Waals surface area contributed by atoms with Crippen LogP contribution in [0.3, 0.4) is 0 Å². The Labute approximate surface area is 88.4 Å². The molecule has 0 fully saturated rings. The van der Waals surface area contributed by atoms with Gasteiger partial charge in [0.2, 0.25) is 5.78 Å². The van der Waals surface area contributed by atoms with Gasteiger partial charge in [0.25, 0.3) is 0 Å². The van der Waals surface area contributed by atoms with E-state index >= 15 is 0 Å². The van der Waals surface area contributed by atoms with E-state index in [4.69, 9.17) is 0 Å². The molecule has 1 rings (SSSR count). The lowest BCUT2D eigenvalue weighted by Gasteiger charge is -1.99. The fourth-order valence-corrected chi connectivity index (χ4v) is 0.975. The average molecular weight is 207 g/mol. The highest BCUT2D eigenvalue weighted by Gasteiger charge is 2.09. The summed E-state index contributed by atoms with van der Waals surface area (Å²) in [4.78, 5) is 20.7. The summed E-state index contributed by atoms with van der Waals surface area (Å²) in [6.45, 7) is 3.73. The molecule has 0 amide bonds. The smallest absolute Gasteiger partial charge is 0.210 e. The SMILES string of the molecule is CCOON=C(C)C(=O)c1ccccc1. The highest BCUT2D eigenvalue weighted by atomic mass is 17.3. The van der Waals surface area contributed by atoms with Crippen LogP contribution >= 0.6 is 0 Å². The van der Waals surface area contributed by atoms with Crippen molar-refractivity contribution in [3.05, 3.63) is 35.9 Å². The van der Waals surface area contributed by atoms with Crippen LogP contribution in [0.25, 0.3) is 0 Å². The highest BCUT2D eigenvalue weighted by Crippen LogP contribution is 2.01. The highest BCUT2D eigenvalue weighted by molar-refractivity contribution is 6.45. The number of rotatable bonds is 5. The second kappa shape index (κ2) is 5.93. The van der Waals surface area contributed by atoms with Crippen LogP contribution in [0, 0.1) is 0 Å². The van der Waals surface area contributed by atoms with Crippen LogP contribution in [-0.2, 0) is 9.88 Å². The van der Waals surface area contributed by atoms with Gasteiger partial charge in [-0.25, -0.2) is 4.99 Å². The number of hydrogen-bond acceptors (Lipinski definition) is 4. The molecular weight excluding hydrogens is 194 g/mol. The molecule has 1 aromatic rings. The van der Waals surface area contributed by atoms with Gasteiger partial charge in [0.1, 0.15) is 5.71 Å². The van der Waals surface area contributed by atoms with Gasteiger partial charge in [-0.3, -0.25) is 4.79 Å². The maximum atomic E-state index is 11.7. The number of ketones is 1. The van der Waals surface area contributed by atoms with E-state index in [1.165, 1.54) is 0 Å². The lowest BCUT2D eigenvalue weighted by molar-refractivity contribution is -0.292. The van der Waals surface area contributed by atoms with E-state index < -0.39 is 0 Å². The minimum absolute atomic E-state index is 0.171. The van der Waals surface area contributed by atoms with Crippen LogP contribution in [0.15, 0.2) is 35.5 Å². The molecule has 1 aromatic carbocycles. The Bertz CT molecular complexity index is 346. The van der Waals surface area contributed by atoms with Crippen LogP contribution in [0.4, 0.5) is 0 Å². The summed E-state index contributed by atoms with van der Waals surface area (Å²) in [5.74, 6) is -0.171. The first-order chi connectivity index (χ1) is 7.25. The minimum atomic E-state index is -0.171. The number of nitrogens with zero attached hydrogens (tertiary/aromatic N) is 1. The zero-order valence-corrected chi connectivity index (χ0v) is 8.77. The number of oxime groups is 1. The second-order valence-electron chi connectivity index (χ2n) is 2.85.